The first-order chi connectivity index (χ1) is 14.1. The van der Waals surface area contributed by atoms with E-state index in [2.05, 4.69) is 25.4 Å². The zero-order chi connectivity index (χ0) is 20.2. The van der Waals surface area contributed by atoms with E-state index in [0.29, 0.717) is 26.1 Å². The Morgan fingerprint density at radius 1 is 1.28 bits per heavy atom. The molecule has 0 unspecified atom stereocenters. The Bertz CT molecular complexity index is 973. The number of aromatic nitrogens is 5. The van der Waals surface area contributed by atoms with Crippen LogP contribution in [0.5, 0.6) is 5.75 Å². The number of benzene rings is 1. The molecule has 0 bridgehead atoms. The van der Waals surface area contributed by atoms with Gasteiger partial charge >= 0.3 is 6.03 Å². The van der Waals surface area contributed by atoms with Gasteiger partial charge in [0.15, 0.2) is 0 Å². The largest absolute Gasteiger partial charge is 0.497 e. The second-order valence-electron chi connectivity index (χ2n) is 7.11. The van der Waals surface area contributed by atoms with Gasteiger partial charge in [0.05, 0.1) is 32.4 Å². The van der Waals surface area contributed by atoms with E-state index in [1.54, 1.807) is 23.0 Å². The summed E-state index contributed by atoms with van der Waals surface area (Å²) in [5, 5.41) is 7.06. The molecule has 0 spiro atoms. The number of nitrogens with one attached hydrogen (secondary N) is 1. The highest BCUT2D eigenvalue weighted by molar-refractivity contribution is 5.75. The van der Waals surface area contributed by atoms with Crippen LogP contribution in [0.1, 0.15) is 29.6 Å². The minimum atomic E-state index is -0.118. The average molecular weight is 393 g/mol. The number of hydrogen-bond donors (Lipinski definition) is 1. The van der Waals surface area contributed by atoms with Gasteiger partial charge < -0.3 is 15.0 Å². The molecule has 1 N–H and O–H groups in total. The number of fused-ring (bicyclic) bond motifs is 1. The highest BCUT2D eigenvalue weighted by Gasteiger charge is 2.26. The van der Waals surface area contributed by atoms with Crippen LogP contribution < -0.4 is 10.1 Å². The fraction of sp³-hybridized carbons (Fsp3) is 0.350. The molecule has 2 amide bonds. The Kier molecular flexibility index (Phi) is 5.37. The standard InChI is InChI=1S/C20H23N7O2/c1-14(9-27-13-21-12-23-27)24-20(28)26-10-16-8-22-19(25-18(16)11-26)7-15-3-5-17(29-2)6-4-15/h3-6,8,12-14H,7,9-11H2,1-2H3,(H,24,28)/t14-/m0/s1. The molecular formula is C20H23N7O2. The maximum Gasteiger partial charge on any atom is 0.318 e. The van der Waals surface area contributed by atoms with Crippen LogP contribution in [0.15, 0.2) is 43.1 Å². The lowest BCUT2D eigenvalue weighted by atomic mass is 10.1. The number of ether oxygens (including phenoxy) is 1. The van der Waals surface area contributed by atoms with Gasteiger partial charge in [0.25, 0.3) is 0 Å². The smallest absolute Gasteiger partial charge is 0.318 e. The lowest BCUT2D eigenvalue weighted by molar-refractivity contribution is 0.193. The van der Waals surface area contributed by atoms with E-state index < -0.39 is 0 Å². The van der Waals surface area contributed by atoms with Crippen LogP contribution in [-0.2, 0) is 26.1 Å². The number of carbonyl (C=O) groups excluding carboxylic acids is 1. The highest BCUT2D eigenvalue weighted by Crippen LogP contribution is 2.21. The minimum Gasteiger partial charge on any atom is -0.497 e. The summed E-state index contributed by atoms with van der Waals surface area (Å²) < 4.78 is 6.88. The van der Waals surface area contributed by atoms with Crippen molar-refractivity contribution in [1.82, 2.24) is 34.9 Å². The molecular weight excluding hydrogens is 370 g/mol. The summed E-state index contributed by atoms with van der Waals surface area (Å²) >= 11 is 0. The molecule has 9 heteroatoms. The molecule has 1 atom stereocenters. The van der Waals surface area contributed by atoms with Crippen molar-refractivity contribution in [2.75, 3.05) is 7.11 Å². The third-order valence-corrected chi connectivity index (χ3v) is 4.81. The van der Waals surface area contributed by atoms with Crippen molar-refractivity contribution in [2.45, 2.75) is 39.0 Å². The van der Waals surface area contributed by atoms with Crippen molar-refractivity contribution in [3.05, 3.63) is 65.8 Å². The lowest BCUT2D eigenvalue weighted by Gasteiger charge is -2.20. The molecule has 0 radical (unpaired) electrons. The van der Waals surface area contributed by atoms with Crippen LogP contribution in [0.25, 0.3) is 0 Å². The normalized spacial score (nSPS) is 13.8. The Balaban J connectivity index is 1.35. The Morgan fingerprint density at radius 2 is 2.10 bits per heavy atom. The zero-order valence-corrected chi connectivity index (χ0v) is 16.4. The minimum absolute atomic E-state index is 0.0652. The van der Waals surface area contributed by atoms with Crippen LogP contribution >= 0.6 is 0 Å². The molecule has 0 fully saturated rings. The predicted octanol–water partition coefficient (Wildman–Crippen LogP) is 1.78. The maximum absolute atomic E-state index is 12.6. The van der Waals surface area contributed by atoms with E-state index in [1.807, 2.05) is 37.4 Å². The number of hydrogen-bond acceptors (Lipinski definition) is 6. The van der Waals surface area contributed by atoms with E-state index in [-0.39, 0.29) is 12.1 Å². The quantitative estimate of drug-likeness (QED) is 0.686. The number of carbonyl (C=O) groups is 1. The number of nitrogens with zero attached hydrogens (tertiary/aromatic N) is 6. The molecule has 3 aromatic rings. The van der Waals surface area contributed by atoms with Gasteiger partial charge in [-0.1, -0.05) is 12.1 Å². The first-order valence-corrected chi connectivity index (χ1v) is 9.45. The van der Waals surface area contributed by atoms with Crippen LogP contribution in [0.2, 0.25) is 0 Å². The zero-order valence-electron chi connectivity index (χ0n) is 16.4. The van der Waals surface area contributed by atoms with Gasteiger partial charge in [-0.05, 0) is 24.6 Å². The molecule has 150 valence electrons. The molecule has 0 saturated heterocycles. The second kappa shape index (κ2) is 8.26. The fourth-order valence-electron chi connectivity index (χ4n) is 3.30. The SMILES string of the molecule is COc1ccc(Cc2ncc3c(n2)CN(C(=O)N[C@@H](C)Cn2cncn2)C3)cc1. The van der Waals surface area contributed by atoms with Crippen LogP contribution in [0, 0.1) is 0 Å². The van der Waals surface area contributed by atoms with E-state index in [4.69, 9.17) is 4.74 Å². The van der Waals surface area contributed by atoms with E-state index in [1.165, 1.54) is 6.33 Å². The predicted molar refractivity (Wildman–Crippen MR) is 105 cm³/mol. The molecule has 2 aromatic heterocycles. The molecule has 0 aliphatic carbocycles. The van der Waals surface area contributed by atoms with E-state index in [9.17, 15) is 4.79 Å². The summed E-state index contributed by atoms with van der Waals surface area (Å²) in [4.78, 5) is 27.4. The molecule has 3 heterocycles. The average Bonchev–Trinajstić information content (AvgIpc) is 3.37. The Labute approximate surface area is 168 Å². The summed E-state index contributed by atoms with van der Waals surface area (Å²) in [6.07, 6.45) is 5.58. The van der Waals surface area contributed by atoms with Gasteiger partial charge in [-0.15, -0.1) is 0 Å². The molecule has 1 aromatic carbocycles. The summed E-state index contributed by atoms with van der Waals surface area (Å²) in [7, 11) is 1.65. The van der Waals surface area contributed by atoms with Crippen LogP contribution in [0.4, 0.5) is 4.79 Å². The molecule has 4 rings (SSSR count). The van der Waals surface area contributed by atoms with Gasteiger partial charge in [0.2, 0.25) is 0 Å². The fourth-order valence-corrected chi connectivity index (χ4v) is 3.30. The monoisotopic (exact) mass is 393 g/mol. The number of amides is 2. The van der Waals surface area contributed by atoms with Gasteiger partial charge in [-0.3, -0.25) is 4.68 Å². The molecule has 29 heavy (non-hydrogen) atoms. The van der Waals surface area contributed by atoms with Crippen molar-refractivity contribution in [3.8, 4) is 5.75 Å². The third kappa shape index (κ3) is 4.50. The topological polar surface area (TPSA) is 98.1 Å². The van der Waals surface area contributed by atoms with Crippen molar-refractivity contribution in [2.24, 2.45) is 0 Å². The number of rotatable bonds is 6. The summed E-state index contributed by atoms with van der Waals surface area (Å²) in [6, 6.07) is 7.68. The maximum atomic E-state index is 12.6. The van der Waals surface area contributed by atoms with E-state index >= 15 is 0 Å². The second-order valence-corrected chi connectivity index (χ2v) is 7.11. The number of methoxy groups -OCH3 is 1. The van der Waals surface area contributed by atoms with Gasteiger partial charge in [0, 0.05) is 24.2 Å². The first kappa shape index (κ1) is 18.9. The summed E-state index contributed by atoms with van der Waals surface area (Å²) in [5.74, 6) is 1.57. The Hall–Kier alpha value is -3.49. The molecule has 9 nitrogen and oxygen atoms in total. The third-order valence-electron chi connectivity index (χ3n) is 4.81. The van der Waals surface area contributed by atoms with Gasteiger partial charge in [-0.2, -0.15) is 5.10 Å². The van der Waals surface area contributed by atoms with Gasteiger partial charge in [-0.25, -0.2) is 19.7 Å². The van der Waals surface area contributed by atoms with E-state index in [0.717, 1.165) is 28.4 Å². The summed E-state index contributed by atoms with van der Waals surface area (Å²) in [6.45, 7) is 3.50. The van der Waals surface area contributed by atoms with Crippen molar-refractivity contribution >= 4 is 6.03 Å². The lowest BCUT2D eigenvalue weighted by Crippen LogP contribution is -2.43. The van der Waals surface area contributed by atoms with Crippen molar-refractivity contribution < 1.29 is 9.53 Å². The van der Waals surface area contributed by atoms with Crippen LogP contribution in [-0.4, -0.2) is 48.8 Å². The Morgan fingerprint density at radius 3 is 2.83 bits per heavy atom. The van der Waals surface area contributed by atoms with Gasteiger partial charge in [0.1, 0.15) is 24.2 Å². The van der Waals surface area contributed by atoms with Crippen LogP contribution in [0.3, 0.4) is 0 Å². The summed E-state index contributed by atoms with van der Waals surface area (Å²) in [5.41, 5.74) is 3.01. The highest BCUT2D eigenvalue weighted by atomic mass is 16.5. The number of urea groups is 1. The van der Waals surface area contributed by atoms with Crippen molar-refractivity contribution in [1.29, 1.82) is 0 Å². The first-order valence-electron chi connectivity index (χ1n) is 9.45. The van der Waals surface area contributed by atoms with Crippen molar-refractivity contribution in [3.63, 3.8) is 0 Å². The molecule has 1 aliphatic rings. The molecule has 0 saturated carbocycles. The molecule has 1 aliphatic heterocycles.